The van der Waals surface area contributed by atoms with Crippen LogP contribution >= 0.6 is 0 Å². The lowest BCUT2D eigenvalue weighted by molar-refractivity contribution is -0.155. The number of ether oxygens (including phenoxy) is 2. The molecule has 0 radical (unpaired) electrons. The van der Waals surface area contributed by atoms with Crippen LogP contribution in [0, 0.1) is 0 Å². The number of hydrogen-bond donors (Lipinski definition) is 1. The van der Waals surface area contributed by atoms with Crippen molar-refractivity contribution in [3.05, 3.63) is 64.7 Å². The average Bonchev–Trinajstić information content (AvgIpc) is 2.67. The first-order valence-electron chi connectivity index (χ1n) is 9.80. The third kappa shape index (κ3) is 5.57. The van der Waals surface area contributed by atoms with Crippen molar-refractivity contribution in [3.8, 4) is 5.75 Å². The molecule has 1 aliphatic heterocycles. The van der Waals surface area contributed by atoms with Crippen molar-refractivity contribution < 1.29 is 19.1 Å². The molecule has 2 N–H and O–H groups in total. The minimum Gasteiger partial charge on any atom is -0.489 e. The third-order valence-corrected chi connectivity index (χ3v) is 4.65. The van der Waals surface area contributed by atoms with Crippen LogP contribution in [0.25, 0.3) is 0 Å². The van der Waals surface area contributed by atoms with Gasteiger partial charge < -0.3 is 20.1 Å². The first-order valence-corrected chi connectivity index (χ1v) is 9.80. The molecule has 0 fully saturated rings. The number of hydrogen-bond acceptors (Lipinski definition) is 5. The van der Waals surface area contributed by atoms with Gasteiger partial charge in [0.25, 0.3) is 5.91 Å². The van der Waals surface area contributed by atoms with Crippen LogP contribution in [0.15, 0.2) is 42.5 Å². The summed E-state index contributed by atoms with van der Waals surface area (Å²) >= 11 is 0. The second-order valence-electron chi connectivity index (χ2n) is 8.19. The minimum absolute atomic E-state index is 0.0351. The number of esters is 1. The Morgan fingerprint density at radius 2 is 1.79 bits per heavy atom. The van der Waals surface area contributed by atoms with E-state index in [1.807, 2.05) is 51.1 Å². The molecule has 6 nitrogen and oxygen atoms in total. The molecule has 2 aromatic carbocycles. The van der Waals surface area contributed by atoms with Gasteiger partial charge in [-0.05, 0) is 62.1 Å². The zero-order valence-corrected chi connectivity index (χ0v) is 17.2. The van der Waals surface area contributed by atoms with E-state index in [1.165, 1.54) is 4.90 Å². The highest BCUT2D eigenvalue weighted by molar-refractivity contribution is 5.98. The molecule has 6 heteroatoms. The van der Waals surface area contributed by atoms with Gasteiger partial charge >= 0.3 is 5.97 Å². The molecule has 0 atom stereocenters. The van der Waals surface area contributed by atoms with Gasteiger partial charge in [-0.1, -0.05) is 24.3 Å². The van der Waals surface area contributed by atoms with Crippen LogP contribution in [-0.2, 0) is 29.1 Å². The Kier molecular flexibility index (Phi) is 6.23. The van der Waals surface area contributed by atoms with E-state index in [9.17, 15) is 9.59 Å². The molecule has 1 amide bonds. The molecule has 0 saturated heterocycles. The van der Waals surface area contributed by atoms with Crippen molar-refractivity contribution in [2.24, 2.45) is 5.73 Å². The minimum atomic E-state index is -0.565. The number of benzene rings is 2. The maximum absolute atomic E-state index is 12.7. The van der Waals surface area contributed by atoms with E-state index in [4.69, 9.17) is 15.2 Å². The molecule has 0 aliphatic carbocycles. The molecule has 154 valence electrons. The number of nitrogens with zero attached hydrogens (tertiary/aromatic N) is 1. The van der Waals surface area contributed by atoms with E-state index >= 15 is 0 Å². The van der Waals surface area contributed by atoms with Crippen LogP contribution in [0.2, 0.25) is 0 Å². The summed E-state index contributed by atoms with van der Waals surface area (Å²) in [6, 6.07) is 13.4. The van der Waals surface area contributed by atoms with Crippen LogP contribution in [-0.4, -0.2) is 35.5 Å². The summed E-state index contributed by atoms with van der Waals surface area (Å²) in [7, 11) is 0. The standard InChI is InChI=1S/C23H28N2O4/c1-23(2,3)29-21(26)14-25-11-10-18-12-19(8-9-20(18)22(25)27)28-15-17-6-4-16(13-24)5-7-17/h4-9,12H,10-11,13-15,24H2,1-3H3. The Balaban J connectivity index is 1.62. The van der Waals surface area contributed by atoms with Gasteiger partial charge in [0.05, 0.1) is 0 Å². The lowest BCUT2D eigenvalue weighted by atomic mass is 9.98. The van der Waals surface area contributed by atoms with E-state index in [1.54, 1.807) is 12.1 Å². The quantitative estimate of drug-likeness (QED) is 0.759. The number of amides is 1. The normalized spacial score (nSPS) is 13.8. The Hall–Kier alpha value is -2.86. The number of carbonyl (C=O) groups is 2. The SMILES string of the molecule is CC(C)(C)OC(=O)CN1CCc2cc(OCc3ccc(CN)cc3)ccc2C1=O. The summed E-state index contributed by atoms with van der Waals surface area (Å²) in [5.41, 5.74) is 8.73. The summed E-state index contributed by atoms with van der Waals surface area (Å²) in [5.74, 6) is 0.177. The van der Waals surface area contributed by atoms with Gasteiger partial charge in [0.2, 0.25) is 0 Å². The number of rotatable bonds is 6. The fraction of sp³-hybridized carbons (Fsp3) is 0.391. The molecule has 0 bridgehead atoms. The van der Waals surface area contributed by atoms with Gasteiger partial charge in [0, 0.05) is 18.7 Å². The van der Waals surface area contributed by atoms with Gasteiger partial charge in [-0.3, -0.25) is 9.59 Å². The molecular formula is C23H28N2O4. The Morgan fingerprint density at radius 3 is 2.45 bits per heavy atom. The maximum atomic E-state index is 12.7. The van der Waals surface area contributed by atoms with Crippen molar-refractivity contribution in [2.75, 3.05) is 13.1 Å². The van der Waals surface area contributed by atoms with Crippen LogP contribution < -0.4 is 10.5 Å². The largest absolute Gasteiger partial charge is 0.489 e. The van der Waals surface area contributed by atoms with E-state index in [0.29, 0.717) is 31.7 Å². The van der Waals surface area contributed by atoms with E-state index in [0.717, 1.165) is 22.4 Å². The van der Waals surface area contributed by atoms with Crippen molar-refractivity contribution in [3.63, 3.8) is 0 Å². The highest BCUT2D eigenvalue weighted by Crippen LogP contribution is 2.25. The topological polar surface area (TPSA) is 81.9 Å². The summed E-state index contributed by atoms with van der Waals surface area (Å²) in [6.45, 7) is 6.85. The lowest BCUT2D eigenvalue weighted by Crippen LogP contribution is -2.42. The lowest BCUT2D eigenvalue weighted by Gasteiger charge is -2.29. The molecular weight excluding hydrogens is 368 g/mol. The molecule has 2 aromatic rings. The highest BCUT2D eigenvalue weighted by Gasteiger charge is 2.28. The van der Waals surface area contributed by atoms with Crippen LogP contribution in [0.4, 0.5) is 0 Å². The molecule has 0 spiro atoms. The first kappa shape index (κ1) is 20.9. The second kappa shape index (κ2) is 8.66. The predicted octanol–water partition coefficient (Wildman–Crippen LogP) is 3.06. The Morgan fingerprint density at radius 1 is 1.10 bits per heavy atom. The molecule has 29 heavy (non-hydrogen) atoms. The molecule has 0 saturated carbocycles. The highest BCUT2D eigenvalue weighted by atomic mass is 16.6. The fourth-order valence-electron chi connectivity index (χ4n) is 3.22. The van der Waals surface area contributed by atoms with Crippen molar-refractivity contribution in [1.29, 1.82) is 0 Å². The fourth-order valence-corrected chi connectivity index (χ4v) is 3.22. The molecule has 3 rings (SSSR count). The molecule has 1 aliphatic rings. The summed E-state index contributed by atoms with van der Waals surface area (Å²) in [4.78, 5) is 26.3. The van der Waals surface area contributed by atoms with Gasteiger partial charge in [-0.25, -0.2) is 0 Å². The van der Waals surface area contributed by atoms with Crippen LogP contribution in [0.3, 0.4) is 0 Å². The third-order valence-electron chi connectivity index (χ3n) is 4.65. The zero-order chi connectivity index (χ0) is 21.0. The maximum Gasteiger partial charge on any atom is 0.326 e. The number of nitrogens with two attached hydrogens (primary N) is 1. The monoisotopic (exact) mass is 396 g/mol. The van der Waals surface area contributed by atoms with Gasteiger partial charge in [-0.15, -0.1) is 0 Å². The second-order valence-corrected chi connectivity index (χ2v) is 8.19. The van der Waals surface area contributed by atoms with Gasteiger partial charge in [-0.2, -0.15) is 0 Å². The van der Waals surface area contributed by atoms with E-state index in [-0.39, 0.29) is 12.5 Å². The smallest absolute Gasteiger partial charge is 0.326 e. The van der Waals surface area contributed by atoms with Crippen molar-refractivity contribution in [2.45, 2.75) is 45.9 Å². The van der Waals surface area contributed by atoms with Crippen LogP contribution in [0.5, 0.6) is 5.75 Å². The molecule has 0 unspecified atom stereocenters. The van der Waals surface area contributed by atoms with Gasteiger partial charge in [0.15, 0.2) is 0 Å². The van der Waals surface area contributed by atoms with Crippen molar-refractivity contribution >= 4 is 11.9 Å². The number of carbonyl (C=O) groups excluding carboxylic acids is 2. The summed E-state index contributed by atoms with van der Waals surface area (Å²) in [6.07, 6.45) is 0.673. The number of fused-ring (bicyclic) bond motifs is 1. The van der Waals surface area contributed by atoms with E-state index in [2.05, 4.69) is 0 Å². The van der Waals surface area contributed by atoms with Crippen LogP contribution in [0.1, 0.15) is 47.8 Å². The first-order chi connectivity index (χ1) is 13.7. The van der Waals surface area contributed by atoms with Gasteiger partial charge in [0.1, 0.15) is 24.5 Å². The predicted molar refractivity (Wildman–Crippen MR) is 111 cm³/mol. The zero-order valence-electron chi connectivity index (χ0n) is 17.2. The summed E-state index contributed by atoms with van der Waals surface area (Å²) < 4.78 is 11.2. The Bertz CT molecular complexity index is 885. The average molecular weight is 396 g/mol. The summed E-state index contributed by atoms with van der Waals surface area (Å²) in [5, 5.41) is 0. The Labute approximate surface area is 171 Å². The van der Waals surface area contributed by atoms with Crippen molar-refractivity contribution in [1.82, 2.24) is 4.90 Å². The van der Waals surface area contributed by atoms with E-state index < -0.39 is 11.6 Å². The molecule has 0 aromatic heterocycles. The molecule has 1 heterocycles.